The van der Waals surface area contributed by atoms with Crippen molar-refractivity contribution in [1.82, 2.24) is 10.6 Å². The molecule has 0 bridgehead atoms. The SMILES string of the molecule is CCNC(=NCc1ccc(F)cc1CSC)NCC(O)COc1ccc(F)cc1.I. The molecule has 1 atom stereocenters. The summed E-state index contributed by atoms with van der Waals surface area (Å²) in [6, 6.07) is 10.3. The van der Waals surface area contributed by atoms with Crippen LogP contribution in [0.15, 0.2) is 47.5 Å². The summed E-state index contributed by atoms with van der Waals surface area (Å²) < 4.78 is 31.8. The minimum absolute atomic E-state index is 0. The van der Waals surface area contributed by atoms with Gasteiger partial charge in [-0.2, -0.15) is 11.8 Å². The number of ether oxygens (including phenoxy) is 1. The Kier molecular flexibility index (Phi) is 12.7. The van der Waals surface area contributed by atoms with Crippen molar-refractivity contribution in [3.8, 4) is 5.75 Å². The molecule has 2 aromatic carbocycles. The van der Waals surface area contributed by atoms with Crippen LogP contribution in [0.3, 0.4) is 0 Å². The molecule has 166 valence electrons. The number of hydrogen-bond acceptors (Lipinski definition) is 4. The van der Waals surface area contributed by atoms with Crippen molar-refractivity contribution in [3.05, 3.63) is 65.2 Å². The van der Waals surface area contributed by atoms with Gasteiger partial charge in [-0.3, -0.25) is 0 Å². The van der Waals surface area contributed by atoms with E-state index in [4.69, 9.17) is 4.74 Å². The van der Waals surface area contributed by atoms with Crippen LogP contribution in [0.2, 0.25) is 0 Å². The summed E-state index contributed by atoms with van der Waals surface area (Å²) in [5.74, 6) is 1.16. The largest absolute Gasteiger partial charge is 0.491 e. The van der Waals surface area contributed by atoms with Crippen LogP contribution in [0.25, 0.3) is 0 Å². The average molecular weight is 551 g/mol. The number of aliphatic hydroxyl groups is 1. The Balaban J connectivity index is 0.00000450. The molecule has 0 aliphatic carbocycles. The molecule has 0 aliphatic heterocycles. The second-order valence-electron chi connectivity index (χ2n) is 6.34. The highest BCUT2D eigenvalue weighted by molar-refractivity contribution is 14.0. The lowest BCUT2D eigenvalue weighted by atomic mass is 10.1. The van der Waals surface area contributed by atoms with Gasteiger partial charge in [-0.1, -0.05) is 6.07 Å². The summed E-state index contributed by atoms with van der Waals surface area (Å²) in [4.78, 5) is 4.53. The predicted octanol–water partition coefficient (Wildman–Crippen LogP) is 3.94. The molecule has 5 nitrogen and oxygen atoms in total. The first kappa shape index (κ1) is 26.4. The van der Waals surface area contributed by atoms with E-state index in [2.05, 4.69) is 15.6 Å². The van der Waals surface area contributed by atoms with Crippen molar-refractivity contribution >= 4 is 41.7 Å². The maximum Gasteiger partial charge on any atom is 0.191 e. The van der Waals surface area contributed by atoms with Crippen molar-refractivity contribution in [2.45, 2.75) is 25.3 Å². The van der Waals surface area contributed by atoms with Crippen LogP contribution in [0, 0.1) is 11.6 Å². The molecule has 30 heavy (non-hydrogen) atoms. The number of halogens is 3. The number of nitrogens with zero attached hydrogens (tertiary/aromatic N) is 1. The molecule has 0 aliphatic rings. The monoisotopic (exact) mass is 551 g/mol. The molecule has 0 saturated carbocycles. The Morgan fingerprint density at radius 2 is 1.80 bits per heavy atom. The number of guanidine groups is 1. The molecular formula is C21H28F2IN3O2S. The van der Waals surface area contributed by atoms with E-state index in [9.17, 15) is 13.9 Å². The van der Waals surface area contributed by atoms with Crippen molar-refractivity contribution in [3.63, 3.8) is 0 Å². The van der Waals surface area contributed by atoms with Gasteiger partial charge >= 0.3 is 0 Å². The quantitative estimate of drug-likeness (QED) is 0.237. The number of hydrogen-bond donors (Lipinski definition) is 3. The highest BCUT2D eigenvalue weighted by atomic mass is 127. The third-order valence-electron chi connectivity index (χ3n) is 3.98. The van der Waals surface area contributed by atoms with Gasteiger partial charge in [0.25, 0.3) is 0 Å². The lowest BCUT2D eigenvalue weighted by Crippen LogP contribution is -2.42. The first-order valence-electron chi connectivity index (χ1n) is 9.36. The van der Waals surface area contributed by atoms with E-state index in [0.717, 1.165) is 11.1 Å². The number of nitrogens with one attached hydrogen (secondary N) is 2. The van der Waals surface area contributed by atoms with Gasteiger partial charge in [0.2, 0.25) is 0 Å². The van der Waals surface area contributed by atoms with Crippen LogP contribution in [0.4, 0.5) is 8.78 Å². The second kappa shape index (κ2) is 14.4. The first-order valence-corrected chi connectivity index (χ1v) is 10.8. The molecule has 0 radical (unpaired) electrons. The van der Waals surface area contributed by atoms with E-state index in [1.807, 2.05) is 13.2 Å². The average Bonchev–Trinajstić information content (AvgIpc) is 2.71. The normalized spacial score (nSPS) is 12.1. The number of rotatable bonds is 10. The van der Waals surface area contributed by atoms with E-state index >= 15 is 0 Å². The summed E-state index contributed by atoms with van der Waals surface area (Å²) in [7, 11) is 0. The fourth-order valence-electron chi connectivity index (χ4n) is 2.54. The molecule has 2 rings (SSSR count). The molecule has 0 saturated heterocycles. The summed E-state index contributed by atoms with van der Waals surface area (Å²) >= 11 is 1.63. The van der Waals surface area contributed by atoms with E-state index in [-0.39, 0.29) is 48.8 Å². The van der Waals surface area contributed by atoms with Crippen molar-refractivity contribution in [2.24, 2.45) is 4.99 Å². The summed E-state index contributed by atoms with van der Waals surface area (Å²) in [5.41, 5.74) is 1.88. The van der Waals surface area contributed by atoms with E-state index in [0.29, 0.717) is 30.6 Å². The summed E-state index contributed by atoms with van der Waals surface area (Å²) in [6.07, 6.45) is 1.20. The molecular weight excluding hydrogens is 523 g/mol. The van der Waals surface area contributed by atoms with E-state index in [1.165, 1.54) is 36.4 Å². The van der Waals surface area contributed by atoms with Crippen LogP contribution < -0.4 is 15.4 Å². The zero-order chi connectivity index (χ0) is 21.1. The Morgan fingerprint density at radius 1 is 1.10 bits per heavy atom. The molecule has 0 heterocycles. The first-order chi connectivity index (χ1) is 14.0. The Bertz CT molecular complexity index is 794. The molecule has 0 fully saturated rings. The van der Waals surface area contributed by atoms with Gasteiger partial charge in [-0.05, 0) is 60.7 Å². The summed E-state index contributed by atoms with van der Waals surface area (Å²) in [5, 5.41) is 16.3. The molecule has 0 amide bonds. The lowest BCUT2D eigenvalue weighted by Gasteiger charge is -2.16. The Morgan fingerprint density at radius 3 is 2.47 bits per heavy atom. The standard InChI is InChI=1S/C21H27F2N3O2S.HI/c1-3-24-21(25-11-15-4-5-18(23)10-16(15)14-29-2)26-12-19(27)13-28-20-8-6-17(22)7-9-20;/h4-10,19,27H,3,11-14H2,1-2H3,(H2,24,25,26);1H. The van der Waals surface area contributed by atoms with Gasteiger partial charge in [0.05, 0.1) is 6.54 Å². The van der Waals surface area contributed by atoms with Crippen LogP contribution in [-0.4, -0.2) is 43.1 Å². The van der Waals surface area contributed by atoms with Gasteiger partial charge < -0.3 is 20.5 Å². The summed E-state index contributed by atoms with van der Waals surface area (Å²) in [6.45, 7) is 3.30. The molecule has 9 heteroatoms. The minimum Gasteiger partial charge on any atom is -0.491 e. The topological polar surface area (TPSA) is 65.9 Å². The maximum atomic E-state index is 13.5. The number of aliphatic hydroxyl groups excluding tert-OH is 1. The van der Waals surface area contributed by atoms with Crippen molar-refractivity contribution < 1.29 is 18.6 Å². The van der Waals surface area contributed by atoms with Crippen LogP contribution in [-0.2, 0) is 12.3 Å². The Hall–Kier alpha value is -1.59. The molecule has 1 unspecified atom stereocenters. The fourth-order valence-corrected chi connectivity index (χ4v) is 3.12. The smallest absolute Gasteiger partial charge is 0.191 e. The van der Waals surface area contributed by atoms with Crippen molar-refractivity contribution in [2.75, 3.05) is 26.0 Å². The molecule has 2 aromatic rings. The molecule has 0 spiro atoms. The molecule has 0 aromatic heterocycles. The van der Waals surface area contributed by atoms with Crippen LogP contribution in [0.1, 0.15) is 18.1 Å². The number of thioether (sulfide) groups is 1. The highest BCUT2D eigenvalue weighted by Gasteiger charge is 2.08. The van der Waals surface area contributed by atoms with Gasteiger partial charge in [0.15, 0.2) is 5.96 Å². The van der Waals surface area contributed by atoms with Gasteiger partial charge in [-0.25, -0.2) is 13.8 Å². The highest BCUT2D eigenvalue weighted by Crippen LogP contribution is 2.17. The maximum absolute atomic E-state index is 13.5. The van der Waals surface area contributed by atoms with Crippen LogP contribution in [0.5, 0.6) is 5.75 Å². The zero-order valence-corrected chi connectivity index (χ0v) is 20.2. The van der Waals surface area contributed by atoms with Gasteiger partial charge in [0.1, 0.15) is 30.1 Å². The second-order valence-corrected chi connectivity index (χ2v) is 7.21. The predicted molar refractivity (Wildman–Crippen MR) is 130 cm³/mol. The van der Waals surface area contributed by atoms with E-state index < -0.39 is 6.10 Å². The van der Waals surface area contributed by atoms with Crippen LogP contribution >= 0.6 is 35.7 Å². The third-order valence-corrected chi connectivity index (χ3v) is 4.58. The number of benzene rings is 2. The third kappa shape index (κ3) is 9.48. The fraction of sp³-hybridized carbons (Fsp3) is 0.381. The van der Waals surface area contributed by atoms with Crippen molar-refractivity contribution in [1.29, 1.82) is 0 Å². The lowest BCUT2D eigenvalue weighted by molar-refractivity contribution is 0.110. The Labute approximate surface area is 197 Å². The number of aliphatic imine (C=N–C) groups is 1. The minimum atomic E-state index is -0.776. The zero-order valence-electron chi connectivity index (χ0n) is 17.0. The van der Waals surface area contributed by atoms with Gasteiger partial charge in [-0.15, -0.1) is 24.0 Å². The van der Waals surface area contributed by atoms with E-state index in [1.54, 1.807) is 17.8 Å². The molecule has 3 N–H and O–H groups in total. The van der Waals surface area contributed by atoms with Gasteiger partial charge in [0, 0.05) is 18.8 Å².